The van der Waals surface area contributed by atoms with Crippen LogP contribution < -0.4 is 5.32 Å². The van der Waals surface area contributed by atoms with E-state index in [-0.39, 0.29) is 17.3 Å². The number of aliphatic hydroxyl groups is 1. The number of nitrogens with one attached hydrogen (secondary N) is 1. The molecule has 0 spiro atoms. The topological polar surface area (TPSA) is 49.3 Å². The molecule has 0 bridgehead atoms. The molecule has 0 aliphatic carbocycles. The number of halogens is 1. The summed E-state index contributed by atoms with van der Waals surface area (Å²) in [5, 5.41) is 11.6. The molecule has 1 aliphatic rings. The molecule has 2 rings (SSSR count). The highest BCUT2D eigenvalue weighted by Crippen LogP contribution is 2.37. The Hall–Kier alpha value is -1.51. The number of hydrogen-bond acceptors (Lipinski definition) is 3. The van der Waals surface area contributed by atoms with E-state index in [0.717, 1.165) is 12.2 Å². The van der Waals surface area contributed by atoms with Crippen LogP contribution in [0.3, 0.4) is 0 Å². The van der Waals surface area contributed by atoms with Gasteiger partial charge in [-0.25, -0.2) is 4.39 Å². The number of hydrogen-bond donors (Lipinski definition) is 2. The molecule has 1 aromatic rings. The number of benzene rings is 1. The number of rotatable bonds is 3. The first-order valence-corrected chi connectivity index (χ1v) is 7.84. The molecule has 21 heavy (non-hydrogen) atoms. The maximum absolute atomic E-state index is 13.3. The van der Waals surface area contributed by atoms with E-state index in [0.29, 0.717) is 17.7 Å². The summed E-state index contributed by atoms with van der Waals surface area (Å²) in [6.45, 7) is 2.40. The van der Waals surface area contributed by atoms with Gasteiger partial charge in [-0.05, 0) is 43.7 Å². The Labute approximate surface area is 128 Å². The Morgan fingerprint density at radius 3 is 3.05 bits per heavy atom. The molecule has 1 heterocycles. The molecule has 5 heteroatoms. The normalized spacial score (nSPS) is 20.7. The lowest BCUT2D eigenvalue weighted by Crippen LogP contribution is -2.37. The molecule has 3 nitrogen and oxygen atoms in total. The van der Waals surface area contributed by atoms with E-state index < -0.39 is 5.82 Å². The van der Waals surface area contributed by atoms with Crippen LogP contribution in [0.25, 0.3) is 0 Å². The molecule has 2 N–H and O–H groups in total. The molecule has 1 unspecified atom stereocenters. The first kappa shape index (κ1) is 15.9. The van der Waals surface area contributed by atoms with Gasteiger partial charge in [-0.2, -0.15) is 11.8 Å². The summed E-state index contributed by atoms with van der Waals surface area (Å²) in [6, 6.07) is 3.88. The highest BCUT2D eigenvalue weighted by molar-refractivity contribution is 8.00. The van der Waals surface area contributed by atoms with Crippen LogP contribution in [0.15, 0.2) is 18.2 Å². The van der Waals surface area contributed by atoms with E-state index in [2.05, 4.69) is 24.1 Å². The number of carbonyl (C=O) groups excluding carboxylic acids is 1. The fourth-order valence-corrected chi connectivity index (χ4v) is 3.54. The van der Waals surface area contributed by atoms with Crippen molar-refractivity contribution >= 4 is 17.7 Å². The minimum Gasteiger partial charge on any atom is -0.384 e. The van der Waals surface area contributed by atoms with Crippen LogP contribution in [-0.2, 0) is 0 Å². The SMILES string of the molecule is CC1(CNC(=O)c2ccc(F)cc2C#CCO)CCCS1. The predicted octanol–water partition coefficient (Wildman–Crippen LogP) is 2.19. The molecule has 0 aromatic heterocycles. The number of amides is 1. The van der Waals surface area contributed by atoms with Crippen LogP contribution in [0.2, 0.25) is 0 Å². The maximum atomic E-state index is 13.3. The Balaban J connectivity index is 2.11. The Bertz CT molecular complexity index is 586. The Morgan fingerprint density at radius 2 is 2.38 bits per heavy atom. The largest absolute Gasteiger partial charge is 0.384 e. The molecule has 1 aliphatic heterocycles. The minimum atomic E-state index is -0.452. The lowest BCUT2D eigenvalue weighted by atomic mass is 10.0. The summed E-state index contributed by atoms with van der Waals surface area (Å²) in [5.41, 5.74) is 0.634. The second kappa shape index (κ2) is 6.97. The van der Waals surface area contributed by atoms with Crippen molar-refractivity contribution in [3.63, 3.8) is 0 Å². The van der Waals surface area contributed by atoms with Gasteiger partial charge in [-0.1, -0.05) is 11.8 Å². The maximum Gasteiger partial charge on any atom is 0.252 e. The zero-order chi connectivity index (χ0) is 15.3. The molecule has 0 radical (unpaired) electrons. The van der Waals surface area contributed by atoms with Gasteiger partial charge >= 0.3 is 0 Å². The lowest BCUT2D eigenvalue weighted by molar-refractivity contribution is 0.0949. The van der Waals surface area contributed by atoms with Gasteiger partial charge in [0.15, 0.2) is 0 Å². The van der Waals surface area contributed by atoms with Crippen LogP contribution in [0.1, 0.15) is 35.7 Å². The lowest BCUT2D eigenvalue weighted by Gasteiger charge is -2.23. The highest BCUT2D eigenvalue weighted by atomic mass is 32.2. The quantitative estimate of drug-likeness (QED) is 0.842. The average molecular weight is 307 g/mol. The third kappa shape index (κ3) is 4.23. The van der Waals surface area contributed by atoms with Gasteiger partial charge < -0.3 is 10.4 Å². The summed E-state index contributed by atoms with van der Waals surface area (Å²) < 4.78 is 13.3. The Morgan fingerprint density at radius 1 is 1.57 bits per heavy atom. The Kier molecular flexibility index (Phi) is 5.27. The summed E-state index contributed by atoms with van der Waals surface area (Å²) in [5.74, 6) is 5.47. The van der Waals surface area contributed by atoms with Crippen molar-refractivity contribution in [1.82, 2.24) is 5.32 Å². The van der Waals surface area contributed by atoms with Crippen molar-refractivity contribution in [2.24, 2.45) is 0 Å². The second-order valence-corrected chi connectivity index (χ2v) is 6.92. The standard InChI is InChI=1S/C16H18FNO2S/c1-16(7-3-9-21-16)11-18-15(20)14-6-5-13(17)10-12(14)4-2-8-19/h5-6,10,19H,3,7-9,11H2,1H3,(H,18,20). The van der Waals surface area contributed by atoms with Gasteiger partial charge in [0.25, 0.3) is 5.91 Å². The van der Waals surface area contributed by atoms with Gasteiger partial charge in [-0.3, -0.25) is 4.79 Å². The highest BCUT2D eigenvalue weighted by Gasteiger charge is 2.30. The number of carbonyl (C=O) groups is 1. The van der Waals surface area contributed by atoms with Crippen LogP contribution in [-0.4, -0.2) is 34.7 Å². The van der Waals surface area contributed by atoms with Crippen molar-refractivity contribution in [3.05, 3.63) is 35.1 Å². The third-order valence-corrected chi connectivity index (χ3v) is 4.99. The summed E-state index contributed by atoms with van der Waals surface area (Å²) in [4.78, 5) is 12.3. The smallest absolute Gasteiger partial charge is 0.252 e. The summed E-state index contributed by atoms with van der Waals surface area (Å²) in [6.07, 6.45) is 2.25. The molecular weight excluding hydrogens is 289 g/mol. The fourth-order valence-electron chi connectivity index (χ4n) is 2.29. The van der Waals surface area contributed by atoms with Crippen molar-refractivity contribution < 1.29 is 14.3 Å². The predicted molar refractivity (Wildman–Crippen MR) is 82.8 cm³/mol. The van der Waals surface area contributed by atoms with Crippen LogP contribution in [0.5, 0.6) is 0 Å². The van der Waals surface area contributed by atoms with Crippen molar-refractivity contribution in [3.8, 4) is 11.8 Å². The zero-order valence-electron chi connectivity index (χ0n) is 11.9. The van der Waals surface area contributed by atoms with Gasteiger partial charge in [0, 0.05) is 16.9 Å². The molecular formula is C16H18FNO2S. The number of thioether (sulfide) groups is 1. The zero-order valence-corrected chi connectivity index (χ0v) is 12.7. The van der Waals surface area contributed by atoms with E-state index in [1.54, 1.807) is 0 Å². The average Bonchev–Trinajstić information content (AvgIpc) is 2.90. The van der Waals surface area contributed by atoms with E-state index in [9.17, 15) is 9.18 Å². The third-order valence-electron chi connectivity index (χ3n) is 3.45. The second-order valence-electron chi connectivity index (χ2n) is 5.23. The van der Waals surface area contributed by atoms with Crippen LogP contribution in [0, 0.1) is 17.7 Å². The summed E-state index contributed by atoms with van der Waals surface area (Å²) >= 11 is 1.87. The molecule has 112 valence electrons. The minimum absolute atomic E-state index is 0.0760. The van der Waals surface area contributed by atoms with Crippen molar-refractivity contribution in [2.75, 3.05) is 18.9 Å². The van der Waals surface area contributed by atoms with E-state index in [4.69, 9.17) is 5.11 Å². The van der Waals surface area contributed by atoms with Crippen molar-refractivity contribution in [2.45, 2.75) is 24.5 Å². The van der Waals surface area contributed by atoms with Crippen molar-refractivity contribution in [1.29, 1.82) is 0 Å². The van der Waals surface area contributed by atoms with E-state index in [1.165, 1.54) is 24.6 Å². The molecule has 1 saturated heterocycles. The first-order valence-electron chi connectivity index (χ1n) is 6.85. The molecule has 1 fully saturated rings. The molecule has 1 amide bonds. The fraction of sp³-hybridized carbons (Fsp3) is 0.438. The van der Waals surface area contributed by atoms with Gasteiger partial charge in [0.1, 0.15) is 12.4 Å². The van der Waals surface area contributed by atoms with Gasteiger partial charge in [-0.15, -0.1) is 0 Å². The van der Waals surface area contributed by atoms with Crippen LogP contribution in [0.4, 0.5) is 4.39 Å². The van der Waals surface area contributed by atoms with E-state index in [1.807, 2.05) is 11.8 Å². The van der Waals surface area contributed by atoms with Gasteiger partial charge in [0.2, 0.25) is 0 Å². The van der Waals surface area contributed by atoms with E-state index >= 15 is 0 Å². The molecule has 1 aromatic carbocycles. The first-order chi connectivity index (χ1) is 10.0. The molecule has 0 saturated carbocycles. The number of aliphatic hydroxyl groups excluding tert-OH is 1. The van der Waals surface area contributed by atoms with Crippen LogP contribution >= 0.6 is 11.8 Å². The monoisotopic (exact) mass is 307 g/mol. The van der Waals surface area contributed by atoms with Gasteiger partial charge in [0.05, 0.1) is 5.56 Å². The summed E-state index contributed by atoms with van der Waals surface area (Å²) in [7, 11) is 0. The molecule has 1 atom stereocenters.